The Hall–Kier alpha value is -2.58. The van der Waals surface area contributed by atoms with Crippen LogP contribution in [-0.4, -0.2) is 69.9 Å². The summed E-state index contributed by atoms with van der Waals surface area (Å²) in [6.45, 7) is 2.62. The van der Waals surface area contributed by atoms with Crippen LogP contribution in [-0.2, 0) is 10.0 Å². The van der Waals surface area contributed by atoms with Gasteiger partial charge in [-0.15, -0.1) is 0 Å². The van der Waals surface area contributed by atoms with E-state index in [2.05, 4.69) is 4.90 Å². The van der Waals surface area contributed by atoms with Gasteiger partial charge < -0.3 is 14.5 Å². The first-order valence-corrected chi connectivity index (χ1v) is 13.1. The molecule has 4 rings (SSSR count). The van der Waals surface area contributed by atoms with Crippen LogP contribution >= 0.6 is 0 Å². The first kappa shape index (κ1) is 23.6. The second-order valence-corrected chi connectivity index (χ2v) is 10.8. The summed E-state index contributed by atoms with van der Waals surface area (Å²) < 4.78 is 33.1. The smallest absolute Gasteiger partial charge is 0.253 e. The molecule has 0 N–H and O–H groups in total. The highest BCUT2D eigenvalue weighted by Gasteiger charge is 2.29. The van der Waals surface area contributed by atoms with Crippen molar-refractivity contribution in [1.29, 1.82) is 0 Å². The van der Waals surface area contributed by atoms with E-state index in [0.717, 1.165) is 37.1 Å². The maximum Gasteiger partial charge on any atom is 0.253 e. The predicted molar refractivity (Wildman–Crippen MR) is 129 cm³/mol. The van der Waals surface area contributed by atoms with E-state index in [1.165, 1.54) is 10.7 Å². The number of hydrogen-bond acceptors (Lipinski definition) is 5. The van der Waals surface area contributed by atoms with E-state index in [9.17, 15) is 13.2 Å². The first-order chi connectivity index (χ1) is 15.9. The highest BCUT2D eigenvalue weighted by molar-refractivity contribution is 7.89. The minimum Gasteiger partial charge on any atom is -0.495 e. The summed E-state index contributed by atoms with van der Waals surface area (Å²) in [5, 5.41) is 0. The van der Waals surface area contributed by atoms with E-state index in [0.29, 0.717) is 31.7 Å². The molecule has 8 heteroatoms. The summed E-state index contributed by atoms with van der Waals surface area (Å²) in [6.07, 6.45) is 5.14. The quantitative estimate of drug-likeness (QED) is 0.644. The maximum absolute atomic E-state index is 13.1. The maximum atomic E-state index is 13.1. The minimum absolute atomic E-state index is 0.0598. The van der Waals surface area contributed by atoms with Crippen molar-refractivity contribution in [3.05, 3.63) is 54.1 Å². The van der Waals surface area contributed by atoms with Crippen molar-refractivity contribution in [2.45, 2.75) is 43.0 Å². The summed E-state index contributed by atoms with van der Waals surface area (Å²) in [4.78, 5) is 17.3. The number of rotatable bonds is 6. The van der Waals surface area contributed by atoms with Crippen molar-refractivity contribution >= 4 is 21.6 Å². The van der Waals surface area contributed by atoms with Gasteiger partial charge in [0.05, 0.1) is 17.7 Å². The van der Waals surface area contributed by atoms with Crippen LogP contribution < -0.4 is 9.64 Å². The summed E-state index contributed by atoms with van der Waals surface area (Å²) in [6, 6.07) is 14.3. The van der Waals surface area contributed by atoms with Gasteiger partial charge in [-0.2, -0.15) is 4.31 Å². The topological polar surface area (TPSA) is 70.2 Å². The Kier molecular flexibility index (Phi) is 7.24. The molecule has 1 saturated heterocycles. The zero-order valence-corrected chi connectivity index (χ0v) is 20.3. The number of sulfonamides is 1. The number of para-hydroxylation sites is 2. The zero-order chi connectivity index (χ0) is 23.4. The number of carbonyl (C=O) groups is 1. The van der Waals surface area contributed by atoms with Crippen LogP contribution in [0.4, 0.5) is 5.69 Å². The van der Waals surface area contributed by atoms with Gasteiger partial charge in [0, 0.05) is 44.8 Å². The molecule has 0 spiro atoms. The molecule has 2 fully saturated rings. The Bertz CT molecular complexity index is 1060. The molecular weight excluding hydrogens is 438 g/mol. The molecule has 2 aromatic carbocycles. The molecule has 1 aliphatic heterocycles. The van der Waals surface area contributed by atoms with Gasteiger partial charge in [-0.25, -0.2) is 8.42 Å². The minimum atomic E-state index is -3.56. The van der Waals surface area contributed by atoms with Gasteiger partial charge in [0.15, 0.2) is 0 Å². The molecule has 1 amide bonds. The third-order valence-corrected chi connectivity index (χ3v) is 8.78. The second kappa shape index (κ2) is 10.1. The molecule has 2 aliphatic rings. The molecule has 178 valence electrons. The Labute approximate surface area is 197 Å². The van der Waals surface area contributed by atoms with Crippen molar-refractivity contribution in [3.8, 4) is 5.75 Å². The molecule has 1 heterocycles. The lowest BCUT2D eigenvalue weighted by atomic mass is 9.96. The Balaban J connectivity index is 1.39. The number of piperazine rings is 1. The molecule has 0 aromatic heterocycles. The van der Waals surface area contributed by atoms with Gasteiger partial charge >= 0.3 is 0 Å². The molecule has 0 atom stereocenters. The molecule has 33 heavy (non-hydrogen) atoms. The molecule has 7 nitrogen and oxygen atoms in total. The fourth-order valence-corrected chi connectivity index (χ4v) is 6.22. The summed E-state index contributed by atoms with van der Waals surface area (Å²) in [5.41, 5.74) is 1.55. The van der Waals surface area contributed by atoms with Gasteiger partial charge in [0.2, 0.25) is 10.0 Å². The van der Waals surface area contributed by atoms with Crippen molar-refractivity contribution in [1.82, 2.24) is 9.21 Å². The summed E-state index contributed by atoms with van der Waals surface area (Å²) >= 11 is 0. The number of nitrogens with zero attached hydrogens (tertiary/aromatic N) is 3. The lowest BCUT2D eigenvalue weighted by Gasteiger charge is -2.36. The predicted octanol–water partition coefficient (Wildman–Crippen LogP) is 3.61. The monoisotopic (exact) mass is 471 g/mol. The number of benzene rings is 2. The molecule has 1 aliphatic carbocycles. The van der Waals surface area contributed by atoms with Crippen LogP contribution in [0.1, 0.15) is 42.5 Å². The number of methoxy groups -OCH3 is 1. The normalized spacial score (nSPS) is 17.9. The fraction of sp³-hybridized carbons (Fsp3) is 0.480. The van der Waals surface area contributed by atoms with Crippen LogP contribution in [0, 0.1) is 0 Å². The molecular formula is C25H33N3O4S. The fourth-order valence-electron chi connectivity index (χ4n) is 4.80. The third-order valence-electron chi connectivity index (χ3n) is 6.86. The van der Waals surface area contributed by atoms with Crippen LogP contribution in [0.5, 0.6) is 5.75 Å². The van der Waals surface area contributed by atoms with Crippen LogP contribution in [0.2, 0.25) is 0 Å². The summed E-state index contributed by atoms with van der Waals surface area (Å²) in [7, 11) is -0.226. The van der Waals surface area contributed by atoms with Crippen molar-refractivity contribution in [2.24, 2.45) is 0 Å². The van der Waals surface area contributed by atoms with E-state index in [1.54, 1.807) is 38.4 Å². The lowest BCUT2D eigenvalue weighted by Crippen LogP contribution is -2.48. The van der Waals surface area contributed by atoms with E-state index < -0.39 is 10.0 Å². The van der Waals surface area contributed by atoms with Gasteiger partial charge in [-0.3, -0.25) is 4.79 Å². The lowest BCUT2D eigenvalue weighted by molar-refractivity contribution is 0.0746. The average Bonchev–Trinajstić information content (AvgIpc) is 2.88. The van der Waals surface area contributed by atoms with E-state index in [-0.39, 0.29) is 16.8 Å². The average molecular weight is 472 g/mol. The Morgan fingerprint density at radius 1 is 0.939 bits per heavy atom. The van der Waals surface area contributed by atoms with E-state index in [1.807, 2.05) is 29.2 Å². The number of anilines is 1. The van der Waals surface area contributed by atoms with Crippen molar-refractivity contribution in [3.63, 3.8) is 0 Å². The van der Waals surface area contributed by atoms with Gasteiger partial charge in [0.1, 0.15) is 5.75 Å². The molecule has 0 bridgehead atoms. The molecule has 0 radical (unpaired) electrons. The third kappa shape index (κ3) is 5.01. The van der Waals surface area contributed by atoms with Crippen LogP contribution in [0.3, 0.4) is 0 Å². The number of carbonyl (C=O) groups excluding carboxylic acids is 1. The summed E-state index contributed by atoms with van der Waals surface area (Å²) in [5.74, 6) is 0.756. The van der Waals surface area contributed by atoms with Gasteiger partial charge in [-0.05, 0) is 49.2 Å². The van der Waals surface area contributed by atoms with Crippen molar-refractivity contribution < 1.29 is 17.9 Å². The largest absolute Gasteiger partial charge is 0.495 e. The van der Waals surface area contributed by atoms with Crippen LogP contribution in [0.25, 0.3) is 0 Å². The second-order valence-electron chi connectivity index (χ2n) is 8.79. The highest BCUT2D eigenvalue weighted by Crippen LogP contribution is 2.29. The number of hydrogen-bond donors (Lipinski definition) is 0. The zero-order valence-electron chi connectivity index (χ0n) is 19.4. The Morgan fingerprint density at radius 3 is 2.21 bits per heavy atom. The van der Waals surface area contributed by atoms with Gasteiger partial charge in [0.25, 0.3) is 5.91 Å². The van der Waals surface area contributed by atoms with E-state index >= 15 is 0 Å². The van der Waals surface area contributed by atoms with Crippen LogP contribution in [0.15, 0.2) is 53.4 Å². The Morgan fingerprint density at radius 2 is 1.58 bits per heavy atom. The highest BCUT2D eigenvalue weighted by atomic mass is 32.2. The molecule has 2 aromatic rings. The van der Waals surface area contributed by atoms with E-state index in [4.69, 9.17) is 4.74 Å². The van der Waals surface area contributed by atoms with Crippen molar-refractivity contribution in [2.75, 3.05) is 45.2 Å². The first-order valence-electron chi connectivity index (χ1n) is 11.7. The standard InChI is InChI=1S/C25H33N3O4S/c1-26(21-8-4-3-5-9-21)33(30,31)22-14-12-20(13-15-22)25(29)28-18-16-27(17-19-28)23-10-6-7-11-24(23)32-2/h6-7,10-15,21H,3-5,8-9,16-19H2,1-2H3. The van der Waals surface area contributed by atoms with Gasteiger partial charge in [-0.1, -0.05) is 31.4 Å². The number of ether oxygens (including phenoxy) is 1. The molecule has 1 saturated carbocycles. The molecule has 0 unspecified atom stereocenters. The number of amides is 1. The SMILES string of the molecule is COc1ccccc1N1CCN(C(=O)c2ccc(S(=O)(=O)N(C)C3CCCCC3)cc2)CC1.